The molecule has 1 atom stereocenters. The van der Waals surface area contributed by atoms with Crippen molar-refractivity contribution in [1.82, 2.24) is 15.3 Å². The number of ether oxygens (including phenoxy) is 1. The van der Waals surface area contributed by atoms with E-state index in [4.69, 9.17) is 22.1 Å². The molecule has 0 aliphatic carbocycles. The molecule has 0 radical (unpaired) electrons. The Kier molecular flexibility index (Phi) is 3.82. The van der Waals surface area contributed by atoms with Gasteiger partial charge in [-0.1, -0.05) is 11.6 Å². The smallest absolute Gasteiger partial charge is 0.220 e. The van der Waals surface area contributed by atoms with E-state index in [1.54, 1.807) is 6.20 Å². The number of nitrogen functional groups attached to an aromatic ring is 1. The number of nitrogens with zero attached hydrogens (tertiary/aromatic N) is 2. The highest BCUT2D eigenvalue weighted by Crippen LogP contribution is 2.27. The zero-order valence-electron chi connectivity index (χ0n) is 10.8. The number of aromatic nitrogens is 2. The van der Waals surface area contributed by atoms with Crippen molar-refractivity contribution in [2.45, 2.75) is 6.04 Å². The van der Waals surface area contributed by atoms with E-state index < -0.39 is 0 Å². The predicted octanol–water partition coefficient (Wildman–Crippen LogP) is 2.04. The molecule has 3 rings (SSSR count). The van der Waals surface area contributed by atoms with E-state index in [2.05, 4.69) is 21.4 Å². The van der Waals surface area contributed by atoms with E-state index in [1.807, 2.05) is 18.2 Å². The molecular formula is C14H15ClN4O. The summed E-state index contributed by atoms with van der Waals surface area (Å²) >= 11 is 6.22. The Morgan fingerprint density at radius 1 is 1.35 bits per heavy atom. The van der Waals surface area contributed by atoms with E-state index in [1.165, 1.54) is 0 Å². The lowest BCUT2D eigenvalue weighted by atomic mass is 10.0. The summed E-state index contributed by atoms with van der Waals surface area (Å²) in [6, 6.07) is 7.84. The lowest BCUT2D eigenvalue weighted by Crippen LogP contribution is -2.34. The van der Waals surface area contributed by atoms with E-state index in [0.29, 0.717) is 11.6 Å². The van der Waals surface area contributed by atoms with Gasteiger partial charge < -0.3 is 15.8 Å². The first kappa shape index (κ1) is 13.3. The second-order valence-corrected chi connectivity index (χ2v) is 5.09. The third kappa shape index (κ3) is 2.90. The van der Waals surface area contributed by atoms with Crippen LogP contribution in [-0.4, -0.2) is 29.7 Å². The first-order chi connectivity index (χ1) is 9.72. The minimum absolute atomic E-state index is 0.153. The Morgan fingerprint density at radius 2 is 2.25 bits per heavy atom. The highest BCUT2D eigenvalue weighted by Gasteiger charge is 2.16. The van der Waals surface area contributed by atoms with Crippen LogP contribution in [0.2, 0.25) is 5.02 Å². The number of anilines is 1. The number of halogens is 1. The molecule has 0 bridgehead atoms. The Morgan fingerprint density at radius 3 is 3.00 bits per heavy atom. The van der Waals surface area contributed by atoms with Crippen molar-refractivity contribution < 1.29 is 4.74 Å². The summed E-state index contributed by atoms with van der Waals surface area (Å²) in [5, 5.41) is 4.08. The first-order valence-electron chi connectivity index (χ1n) is 6.43. The third-order valence-corrected chi connectivity index (χ3v) is 3.43. The molecule has 1 saturated heterocycles. The number of hydrogen-bond donors (Lipinski definition) is 2. The maximum Gasteiger partial charge on any atom is 0.220 e. The minimum Gasteiger partial charge on any atom is -0.378 e. The zero-order chi connectivity index (χ0) is 13.9. The molecule has 2 aromatic rings. The van der Waals surface area contributed by atoms with Gasteiger partial charge in [-0.05, 0) is 29.8 Å². The molecule has 0 saturated carbocycles. The molecule has 1 aliphatic heterocycles. The largest absolute Gasteiger partial charge is 0.378 e. The summed E-state index contributed by atoms with van der Waals surface area (Å²) in [4.78, 5) is 8.13. The summed E-state index contributed by atoms with van der Waals surface area (Å²) in [6.45, 7) is 2.23. The molecule has 6 heteroatoms. The van der Waals surface area contributed by atoms with Gasteiger partial charge in [0.1, 0.15) is 0 Å². The number of hydrogen-bond acceptors (Lipinski definition) is 5. The summed E-state index contributed by atoms with van der Waals surface area (Å²) in [5.74, 6) is 0.253. The summed E-state index contributed by atoms with van der Waals surface area (Å²) in [6.07, 6.45) is 1.64. The molecule has 1 aromatic heterocycles. The molecule has 1 unspecified atom stereocenters. The van der Waals surface area contributed by atoms with Gasteiger partial charge in [-0.25, -0.2) is 9.97 Å². The molecule has 104 valence electrons. The second-order valence-electron chi connectivity index (χ2n) is 4.65. The lowest BCUT2D eigenvalue weighted by molar-refractivity contribution is 0.0769. The standard InChI is InChI=1S/C14H15ClN4O/c15-11-6-9(12-1-2-18-14(16)19-12)5-10(7-11)13-8-20-4-3-17-13/h1-2,5-7,13,17H,3-4,8H2,(H2,16,18,19). The van der Waals surface area contributed by atoms with E-state index in [0.717, 1.165) is 30.0 Å². The molecule has 1 aliphatic rings. The average molecular weight is 291 g/mol. The molecule has 1 aromatic carbocycles. The quantitative estimate of drug-likeness (QED) is 0.885. The van der Waals surface area contributed by atoms with Crippen molar-refractivity contribution in [3.63, 3.8) is 0 Å². The SMILES string of the molecule is Nc1nccc(-c2cc(Cl)cc(C3COCCN3)c2)n1. The molecule has 3 N–H and O–H groups in total. The normalized spacial score (nSPS) is 18.9. The minimum atomic E-state index is 0.153. The number of rotatable bonds is 2. The summed E-state index contributed by atoms with van der Waals surface area (Å²) in [7, 11) is 0. The van der Waals surface area contributed by atoms with Gasteiger partial charge in [-0.2, -0.15) is 0 Å². The highest BCUT2D eigenvalue weighted by molar-refractivity contribution is 6.31. The summed E-state index contributed by atoms with van der Waals surface area (Å²) < 4.78 is 5.49. The van der Waals surface area contributed by atoms with Crippen LogP contribution in [0.5, 0.6) is 0 Å². The topological polar surface area (TPSA) is 73.1 Å². The fourth-order valence-electron chi connectivity index (χ4n) is 2.28. The number of morpholine rings is 1. The molecule has 1 fully saturated rings. The van der Waals surface area contributed by atoms with Crippen LogP contribution in [0.1, 0.15) is 11.6 Å². The molecular weight excluding hydrogens is 276 g/mol. The van der Waals surface area contributed by atoms with E-state index >= 15 is 0 Å². The van der Waals surface area contributed by atoms with Gasteiger partial charge in [-0.15, -0.1) is 0 Å². The van der Waals surface area contributed by atoms with Crippen molar-refractivity contribution in [2.24, 2.45) is 0 Å². The molecule has 5 nitrogen and oxygen atoms in total. The predicted molar refractivity (Wildman–Crippen MR) is 78.5 cm³/mol. The molecule has 2 heterocycles. The van der Waals surface area contributed by atoms with Crippen LogP contribution in [0.3, 0.4) is 0 Å². The van der Waals surface area contributed by atoms with Crippen LogP contribution in [0.25, 0.3) is 11.3 Å². The van der Waals surface area contributed by atoms with Gasteiger partial charge in [0.25, 0.3) is 0 Å². The Labute approximate surface area is 122 Å². The van der Waals surface area contributed by atoms with Gasteiger partial charge in [0.15, 0.2) is 0 Å². The van der Waals surface area contributed by atoms with Crippen LogP contribution < -0.4 is 11.1 Å². The summed E-state index contributed by atoms with van der Waals surface area (Å²) in [5.41, 5.74) is 8.40. The van der Waals surface area contributed by atoms with Crippen LogP contribution in [-0.2, 0) is 4.74 Å². The highest BCUT2D eigenvalue weighted by atomic mass is 35.5. The van der Waals surface area contributed by atoms with E-state index in [9.17, 15) is 0 Å². The van der Waals surface area contributed by atoms with Gasteiger partial charge in [0.2, 0.25) is 5.95 Å². The van der Waals surface area contributed by atoms with Crippen molar-refractivity contribution in [2.75, 3.05) is 25.5 Å². The number of nitrogens with two attached hydrogens (primary N) is 1. The van der Waals surface area contributed by atoms with Crippen LogP contribution in [0, 0.1) is 0 Å². The van der Waals surface area contributed by atoms with Crippen LogP contribution in [0.15, 0.2) is 30.5 Å². The maximum atomic E-state index is 6.22. The van der Waals surface area contributed by atoms with Crippen LogP contribution >= 0.6 is 11.6 Å². The van der Waals surface area contributed by atoms with Gasteiger partial charge in [0.05, 0.1) is 24.9 Å². The lowest BCUT2D eigenvalue weighted by Gasteiger charge is -2.24. The second kappa shape index (κ2) is 5.75. The molecule has 0 spiro atoms. The van der Waals surface area contributed by atoms with E-state index in [-0.39, 0.29) is 12.0 Å². The van der Waals surface area contributed by atoms with Crippen molar-refractivity contribution >= 4 is 17.5 Å². The van der Waals surface area contributed by atoms with Crippen molar-refractivity contribution in [1.29, 1.82) is 0 Å². The van der Waals surface area contributed by atoms with Gasteiger partial charge >= 0.3 is 0 Å². The fourth-order valence-corrected chi connectivity index (χ4v) is 2.52. The monoisotopic (exact) mass is 290 g/mol. The van der Waals surface area contributed by atoms with Crippen LogP contribution in [0.4, 0.5) is 5.95 Å². The zero-order valence-corrected chi connectivity index (χ0v) is 11.6. The Bertz CT molecular complexity index is 614. The van der Waals surface area contributed by atoms with Crippen molar-refractivity contribution in [3.05, 3.63) is 41.0 Å². The number of benzene rings is 1. The van der Waals surface area contributed by atoms with Gasteiger partial charge in [-0.3, -0.25) is 0 Å². The van der Waals surface area contributed by atoms with Gasteiger partial charge in [0, 0.05) is 23.3 Å². The fraction of sp³-hybridized carbons (Fsp3) is 0.286. The molecule has 20 heavy (non-hydrogen) atoms. The Balaban J connectivity index is 1.97. The first-order valence-corrected chi connectivity index (χ1v) is 6.81. The third-order valence-electron chi connectivity index (χ3n) is 3.21. The number of nitrogens with one attached hydrogen (secondary N) is 1. The van der Waals surface area contributed by atoms with Crippen molar-refractivity contribution in [3.8, 4) is 11.3 Å². The molecule has 0 amide bonds. The Hall–Kier alpha value is -1.69. The maximum absolute atomic E-state index is 6.22. The average Bonchev–Trinajstić information content (AvgIpc) is 2.47.